The smallest absolute Gasteiger partial charge is 0.347 e. The van der Waals surface area contributed by atoms with Crippen molar-refractivity contribution >= 4 is 10.8 Å². The molecule has 0 bridgehead atoms. The third-order valence-electron chi connectivity index (χ3n) is 6.11. The van der Waals surface area contributed by atoms with Crippen LogP contribution in [0.25, 0.3) is 10.8 Å². The Bertz CT molecular complexity index is 1260. The number of ether oxygens (including phenoxy) is 3. The van der Waals surface area contributed by atoms with Gasteiger partial charge in [-0.25, -0.2) is 4.79 Å². The summed E-state index contributed by atoms with van der Waals surface area (Å²) in [4.78, 5) is 13.0. The van der Waals surface area contributed by atoms with E-state index in [0.717, 1.165) is 41.5 Å². The maximum Gasteiger partial charge on any atom is 0.347 e. The SMILES string of the molecule is COc1ccc(CCc2cc3cc(OC)c(C/C=C(\C)CCC=C(C)C)c(OC)c3c(=O)o2)cc1. The second-order valence-corrected chi connectivity index (χ2v) is 8.98. The summed E-state index contributed by atoms with van der Waals surface area (Å²) in [7, 11) is 4.88. The highest BCUT2D eigenvalue weighted by molar-refractivity contribution is 5.90. The van der Waals surface area contributed by atoms with Crippen molar-refractivity contribution < 1.29 is 18.6 Å². The lowest BCUT2D eigenvalue weighted by atomic mass is 10.00. The van der Waals surface area contributed by atoms with E-state index in [0.29, 0.717) is 35.5 Å². The monoisotopic (exact) mass is 476 g/mol. The van der Waals surface area contributed by atoms with Gasteiger partial charge in [-0.1, -0.05) is 35.4 Å². The maximum atomic E-state index is 13.0. The van der Waals surface area contributed by atoms with E-state index in [4.69, 9.17) is 18.6 Å². The van der Waals surface area contributed by atoms with E-state index in [1.54, 1.807) is 21.3 Å². The summed E-state index contributed by atoms with van der Waals surface area (Å²) in [6.45, 7) is 6.35. The normalized spacial score (nSPS) is 11.4. The molecule has 1 heterocycles. The fourth-order valence-electron chi connectivity index (χ4n) is 4.14. The summed E-state index contributed by atoms with van der Waals surface area (Å²) in [5, 5.41) is 1.21. The van der Waals surface area contributed by atoms with Gasteiger partial charge >= 0.3 is 5.63 Å². The molecule has 3 rings (SSSR count). The maximum absolute atomic E-state index is 13.0. The molecule has 35 heavy (non-hydrogen) atoms. The molecular weight excluding hydrogens is 440 g/mol. The molecule has 0 saturated carbocycles. The Kier molecular flexibility index (Phi) is 9.18. The number of rotatable bonds is 11. The van der Waals surface area contributed by atoms with Crippen molar-refractivity contribution in [1.82, 2.24) is 0 Å². The zero-order valence-corrected chi connectivity index (χ0v) is 21.7. The van der Waals surface area contributed by atoms with Crippen molar-refractivity contribution in [3.05, 3.63) is 87.0 Å². The Morgan fingerprint density at radius 1 is 0.914 bits per heavy atom. The number of benzene rings is 2. The van der Waals surface area contributed by atoms with Crippen molar-refractivity contribution in [3.63, 3.8) is 0 Å². The van der Waals surface area contributed by atoms with Crippen LogP contribution in [0.3, 0.4) is 0 Å². The molecule has 1 aromatic heterocycles. The van der Waals surface area contributed by atoms with E-state index in [-0.39, 0.29) is 0 Å². The van der Waals surface area contributed by atoms with Gasteiger partial charge in [0.25, 0.3) is 0 Å². The molecule has 0 amide bonds. The summed E-state index contributed by atoms with van der Waals surface area (Å²) in [6, 6.07) is 11.7. The summed E-state index contributed by atoms with van der Waals surface area (Å²) in [5.41, 5.74) is 4.21. The zero-order valence-electron chi connectivity index (χ0n) is 21.7. The van der Waals surface area contributed by atoms with Gasteiger partial charge in [0.1, 0.15) is 28.4 Å². The molecule has 0 saturated heterocycles. The Balaban J connectivity index is 1.89. The number of methoxy groups -OCH3 is 3. The van der Waals surface area contributed by atoms with Crippen LogP contribution in [0.2, 0.25) is 0 Å². The molecule has 2 aromatic carbocycles. The highest BCUT2D eigenvalue weighted by Gasteiger charge is 2.19. The van der Waals surface area contributed by atoms with E-state index in [9.17, 15) is 4.79 Å². The van der Waals surface area contributed by atoms with Gasteiger partial charge in [0.15, 0.2) is 0 Å². The molecule has 0 aliphatic heterocycles. The van der Waals surface area contributed by atoms with Crippen LogP contribution in [0, 0.1) is 0 Å². The summed E-state index contributed by atoms with van der Waals surface area (Å²) in [5.74, 6) is 2.67. The topological polar surface area (TPSA) is 57.9 Å². The minimum absolute atomic E-state index is 0.391. The lowest BCUT2D eigenvalue weighted by Crippen LogP contribution is -2.08. The molecule has 5 heteroatoms. The predicted octanol–water partition coefficient (Wildman–Crippen LogP) is 6.84. The van der Waals surface area contributed by atoms with E-state index >= 15 is 0 Å². The van der Waals surface area contributed by atoms with Crippen LogP contribution in [0.15, 0.2) is 68.9 Å². The Morgan fingerprint density at radius 3 is 2.29 bits per heavy atom. The highest BCUT2D eigenvalue weighted by Crippen LogP contribution is 2.36. The van der Waals surface area contributed by atoms with Crippen molar-refractivity contribution in [2.24, 2.45) is 0 Å². The van der Waals surface area contributed by atoms with Gasteiger partial charge in [-0.05, 0) is 81.7 Å². The number of aryl methyl sites for hydroxylation is 2. The van der Waals surface area contributed by atoms with Gasteiger partial charge in [-0.15, -0.1) is 0 Å². The van der Waals surface area contributed by atoms with Crippen LogP contribution in [0.4, 0.5) is 0 Å². The van der Waals surface area contributed by atoms with Crippen molar-refractivity contribution in [1.29, 1.82) is 0 Å². The number of hydrogen-bond donors (Lipinski definition) is 0. The second-order valence-electron chi connectivity index (χ2n) is 8.98. The molecule has 0 atom stereocenters. The Labute approximate surface area is 208 Å². The second kappa shape index (κ2) is 12.3. The van der Waals surface area contributed by atoms with Crippen LogP contribution >= 0.6 is 0 Å². The number of fused-ring (bicyclic) bond motifs is 1. The average molecular weight is 477 g/mol. The van der Waals surface area contributed by atoms with E-state index in [1.165, 1.54) is 11.1 Å². The minimum Gasteiger partial charge on any atom is -0.497 e. The molecule has 0 unspecified atom stereocenters. The first kappa shape index (κ1) is 26.1. The third-order valence-corrected chi connectivity index (χ3v) is 6.11. The van der Waals surface area contributed by atoms with Gasteiger partial charge < -0.3 is 18.6 Å². The van der Waals surface area contributed by atoms with E-state index < -0.39 is 5.63 Å². The molecule has 3 aromatic rings. The fraction of sp³-hybridized carbons (Fsp3) is 0.367. The number of hydrogen-bond acceptors (Lipinski definition) is 5. The number of allylic oxidation sites excluding steroid dienone is 4. The molecular formula is C30H36O5. The molecule has 186 valence electrons. The lowest BCUT2D eigenvalue weighted by molar-refractivity contribution is 0.388. The van der Waals surface area contributed by atoms with Gasteiger partial charge in [0.05, 0.1) is 21.3 Å². The lowest BCUT2D eigenvalue weighted by Gasteiger charge is -2.15. The summed E-state index contributed by atoms with van der Waals surface area (Å²) in [6.07, 6.45) is 8.39. The molecule has 5 nitrogen and oxygen atoms in total. The molecule has 0 aliphatic rings. The minimum atomic E-state index is -0.391. The first-order chi connectivity index (χ1) is 16.9. The standard InChI is InChI=1S/C30H36O5/c1-20(2)8-7-9-21(3)10-17-26-27(33-5)19-23-18-25(35-30(31)28(23)29(26)34-6)16-13-22-11-14-24(32-4)15-12-22/h8,10-12,14-15,18-19H,7,9,13,16-17H2,1-6H3/b21-10+. The Hall–Kier alpha value is -3.47. The van der Waals surface area contributed by atoms with Gasteiger partial charge in [0.2, 0.25) is 0 Å². The van der Waals surface area contributed by atoms with Crippen molar-refractivity contribution in [3.8, 4) is 17.2 Å². The molecule has 0 radical (unpaired) electrons. The van der Waals surface area contributed by atoms with Crippen LogP contribution in [-0.4, -0.2) is 21.3 Å². The average Bonchev–Trinajstić information content (AvgIpc) is 2.85. The van der Waals surface area contributed by atoms with Crippen LogP contribution in [0.1, 0.15) is 50.5 Å². The quantitative estimate of drug-likeness (QED) is 0.284. The molecule has 0 N–H and O–H groups in total. The van der Waals surface area contributed by atoms with Crippen LogP contribution in [0.5, 0.6) is 17.2 Å². The fourth-order valence-corrected chi connectivity index (χ4v) is 4.14. The molecule has 0 aliphatic carbocycles. The molecule has 0 fully saturated rings. The van der Waals surface area contributed by atoms with Crippen LogP contribution in [-0.2, 0) is 19.3 Å². The molecule has 0 spiro atoms. The van der Waals surface area contributed by atoms with Gasteiger partial charge in [-0.3, -0.25) is 0 Å². The van der Waals surface area contributed by atoms with E-state index in [1.807, 2.05) is 36.4 Å². The van der Waals surface area contributed by atoms with Crippen molar-refractivity contribution in [2.45, 2.75) is 52.9 Å². The van der Waals surface area contributed by atoms with Crippen LogP contribution < -0.4 is 19.8 Å². The van der Waals surface area contributed by atoms with Gasteiger partial charge in [-0.2, -0.15) is 0 Å². The van der Waals surface area contributed by atoms with Crippen molar-refractivity contribution in [2.75, 3.05) is 21.3 Å². The zero-order chi connectivity index (χ0) is 25.4. The third kappa shape index (κ3) is 6.78. The summed E-state index contributed by atoms with van der Waals surface area (Å²) >= 11 is 0. The first-order valence-corrected chi connectivity index (χ1v) is 12.0. The van der Waals surface area contributed by atoms with Gasteiger partial charge in [0, 0.05) is 12.0 Å². The first-order valence-electron chi connectivity index (χ1n) is 12.0. The highest BCUT2D eigenvalue weighted by atomic mass is 16.5. The predicted molar refractivity (Wildman–Crippen MR) is 142 cm³/mol. The summed E-state index contributed by atoms with van der Waals surface area (Å²) < 4.78 is 22.4. The van der Waals surface area contributed by atoms with E-state index in [2.05, 4.69) is 32.9 Å². The largest absolute Gasteiger partial charge is 0.497 e. The Morgan fingerprint density at radius 2 is 1.66 bits per heavy atom.